The number of aliphatic hydroxyl groups excluding tert-OH is 1. The summed E-state index contributed by atoms with van der Waals surface area (Å²) in [6.45, 7) is 0.602. The van der Waals surface area contributed by atoms with E-state index in [2.05, 4.69) is 21.4 Å². The van der Waals surface area contributed by atoms with E-state index in [1.807, 2.05) is 0 Å². The molecule has 2 unspecified atom stereocenters. The van der Waals surface area contributed by atoms with Gasteiger partial charge >= 0.3 is 0 Å². The molecule has 3 fully saturated rings. The number of nitrogens with zero attached hydrogens (tertiary/aromatic N) is 4. The number of carbonyl (C=O) groups is 1. The number of hydrogen-bond acceptors (Lipinski definition) is 6. The summed E-state index contributed by atoms with van der Waals surface area (Å²) < 4.78 is 14.0. The van der Waals surface area contributed by atoms with Gasteiger partial charge < -0.3 is 15.3 Å². The first-order chi connectivity index (χ1) is 11.4. The maximum absolute atomic E-state index is 14.0. The van der Waals surface area contributed by atoms with Gasteiger partial charge in [-0.25, -0.2) is 9.37 Å². The number of halogens is 2. The highest BCUT2D eigenvalue weighted by Crippen LogP contribution is 2.61. The van der Waals surface area contributed by atoms with Crippen LogP contribution in [0.25, 0.3) is 0 Å². The van der Waals surface area contributed by atoms with E-state index in [9.17, 15) is 14.3 Å². The average molecular weight is 352 g/mol. The quantitative estimate of drug-likeness (QED) is 0.765. The fourth-order valence-electron chi connectivity index (χ4n) is 3.85. The van der Waals surface area contributed by atoms with Crippen LogP contribution in [0, 0.1) is 34.4 Å². The second-order valence-corrected chi connectivity index (χ2v) is 7.27. The first-order valence-electron chi connectivity index (χ1n) is 7.69. The van der Waals surface area contributed by atoms with Crippen molar-refractivity contribution in [3.05, 3.63) is 17.3 Å². The molecule has 0 radical (unpaired) electrons. The number of rotatable bonds is 4. The summed E-state index contributed by atoms with van der Waals surface area (Å²) in [7, 11) is 0. The van der Waals surface area contributed by atoms with Gasteiger partial charge in [-0.15, -0.1) is 0 Å². The van der Waals surface area contributed by atoms with Crippen molar-refractivity contribution in [2.24, 2.45) is 17.3 Å². The molecule has 9 heteroatoms. The standard InChI is InChI=1S/C15H15ClFN5O2/c16-13-19-3-10(17)11(20-13)22-5-14(7-23)4-15(14,6-22)21-12(24)9-1-8(9)2-18/h3,8-9,23H,1,4-7H2,(H,21,24)/t8-,9+,14?,15?/m0/s1. The van der Waals surface area contributed by atoms with Crippen LogP contribution in [0.2, 0.25) is 5.28 Å². The molecule has 0 aromatic carbocycles. The summed E-state index contributed by atoms with van der Waals surface area (Å²) in [5.41, 5.74) is -1.12. The minimum atomic E-state index is -0.606. The number of carbonyl (C=O) groups excluding carboxylic acids is 1. The average Bonchev–Trinajstić information content (AvgIpc) is 3.44. The fraction of sp³-hybridized carbons (Fsp3) is 0.600. The largest absolute Gasteiger partial charge is 0.396 e. The second-order valence-electron chi connectivity index (χ2n) is 6.93. The number of piperidine rings is 1. The maximum Gasteiger partial charge on any atom is 0.224 e. The van der Waals surface area contributed by atoms with Gasteiger partial charge in [-0.2, -0.15) is 10.2 Å². The number of amides is 1. The molecule has 1 saturated heterocycles. The predicted molar refractivity (Wildman–Crippen MR) is 81.4 cm³/mol. The Hall–Kier alpha value is -1.98. The van der Waals surface area contributed by atoms with Crippen molar-refractivity contribution in [2.45, 2.75) is 18.4 Å². The Bertz CT molecular complexity index is 771. The molecule has 2 N–H and O–H groups in total. The van der Waals surface area contributed by atoms with Gasteiger partial charge in [0.1, 0.15) is 0 Å². The van der Waals surface area contributed by atoms with E-state index in [0.29, 0.717) is 25.9 Å². The van der Waals surface area contributed by atoms with Crippen LogP contribution in [0.4, 0.5) is 10.2 Å². The number of fused-ring (bicyclic) bond motifs is 1. The van der Waals surface area contributed by atoms with Crippen molar-refractivity contribution in [3.63, 3.8) is 0 Å². The third kappa shape index (κ3) is 2.15. The molecule has 1 amide bonds. The highest BCUT2D eigenvalue weighted by molar-refractivity contribution is 6.28. The third-order valence-corrected chi connectivity index (χ3v) is 5.62. The first kappa shape index (κ1) is 15.5. The molecular weight excluding hydrogens is 337 g/mol. The monoisotopic (exact) mass is 351 g/mol. The smallest absolute Gasteiger partial charge is 0.224 e. The van der Waals surface area contributed by atoms with Crippen LogP contribution in [0.1, 0.15) is 12.8 Å². The number of nitriles is 1. The van der Waals surface area contributed by atoms with Gasteiger partial charge in [-0.3, -0.25) is 4.79 Å². The van der Waals surface area contributed by atoms with Gasteiger partial charge in [-0.05, 0) is 24.4 Å². The molecule has 1 aromatic rings. The normalized spacial score (nSPS) is 36.0. The van der Waals surface area contributed by atoms with E-state index in [1.54, 1.807) is 4.90 Å². The SMILES string of the molecule is N#C[C@@H]1C[C@H]1C(=O)NC12CN(c3nc(Cl)ncc3F)CC1(CO)C2. The van der Waals surface area contributed by atoms with E-state index >= 15 is 0 Å². The van der Waals surface area contributed by atoms with Crippen molar-refractivity contribution in [1.29, 1.82) is 5.26 Å². The number of nitrogens with one attached hydrogen (secondary N) is 1. The van der Waals surface area contributed by atoms with Crippen molar-refractivity contribution >= 4 is 23.3 Å². The molecule has 4 atom stereocenters. The van der Waals surface area contributed by atoms with Gasteiger partial charge in [0.25, 0.3) is 0 Å². The number of hydrogen-bond donors (Lipinski definition) is 2. The Morgan fingerprint density at radius 1 is 1.62 bits per heavy atom. The van der Waals surface area contributed by atoms with Crippen LogP contribution < -0.4 is 10.2 Å². The number of aromatic nitrogens is 2. The molecule has 0 bridgehead atoms. The van der Waals surface area contributed by atoms with Gasteiger partial charge in [0, 0.05) is 18.5 Å². The first-order valence-corrected chi connectivity index (χ1v) is 8.07. The van der Waals surface area contributed by atoms with Crippen LogP contribution in [-0.4, -0.2) is 46.2 Å². The van der Waals surface area contributed by atoms with Gasteiger partial charge in [-0.1, -0.05) is 0 Å². The van der Waals surface area contributed by atoms with Crippen molar-refractivity contribution < 1.29 is 14.3 Å². The maximum atomic E-state index is 14.0. The Balaban J connectivity index is 1.54. The van der Waals surface area contributed by atoms with E-state index in [-0.39, 0.29) is 35.5 Å². The summed E-state index contributed by atoms with van der Waals surface area (Å²) >= 11 is 5.75. The van der Waals surface area contributed by atoms with E-state index in [1.165, 1.54) is 0 Å². The Kier molecular flexibility index (Phi) is 3.24. The summed E-state index contributed by atoms with van der Waals surface area (Å²) in [4.78, 5) is 21.5. The molecule has 126 valence electrons. The van der Waals surface area contributed by atoms with Gasteiger partial charge in [0.05, 0.1) is 36.2 Å². The van der Waals surface area contributed by atoms with Crippen molar-refractivity contribution in [3.8, 4) is 6.07 Å². The van der Waals surface area contributed by atoms with Crippen LogP contribution in [-0.2, 0) is 4.79 Å². The molecule has 1 aliphatic heterocycles. The molecular formula is C15H15ClFN5O2. The van der Waals surface area contributed by atoms with E-state index in [0.717, 1.165) is 6.20 Å². The molecule has 1 aromatic heterocycles. The summed E-state index contributed by atoms with van der Waals surface area (Å²) in [6, 6.07) is 2.09. The lowest BCUT2D eigenvalue weighted by Crippen LogP contribution is -2.45. The minimum absolute atomic E-state index is 0.0575. The highest BCUT2D eigenvalue weighted by Gasteiger charge is 2.73. The highest BCUT2D eigenvalue weighted by atomic mass is 35.5. The van der Waals surface area contributed by atoms with Gasteiger partial charge in [0.15, 0.2) is 11.6 Å². The summed E-state index contributed by atoms with van der Waals surface area (Å²) in [5, 5.41) is 21.6. The number of aliphatic hydroxyl groups is 1. The van der Waals surface area contributed by atoms with E-state index < -0.39 is 16.8 Å². The number of anilines is 1. The van der Waals surface area contributed by atoms with Crippen molar-refractivity contribution in [2.75, 3.05) is 24.6 Å². The third-order valence-electron chi connectivity index (χ3n) is 5.44. The Labute approximate surface area is 142 Å². The van der Waals surface area contributed by atoms with Crippen LogP contribution in [0.3, 0.4) is 0 Å². The summed E-state index contributed by atoms with van der Waals surface area (Å²) in [5.74, 6) is -1.19. The molecule has 3 aliphatic rings. The molecule has 2 heterocycles. The van der Waals surface area contributed by atoms with E-state index in [4.69, 9.17) is 16.9 Å². The molecule has 2 saturated carbocycles. The zero-order valence-electron chi connectivity index (χ0n) is 12.7. The summed E-state index contributed by atoms with van der Waals surface area (Å²) in [6.07, 6.45) is 2.21. The molecule has 0 spiro atoms. The Morgan fingerprint density at radius 3 is 3.08 bits per heavy atom. The zero-order chi connectivity index (χ0) is 17.1. The lowest BCUT2D eigenvalue weighted by Gasteiger charge is -2.22. The van der Waals surface area contributed by atoms with Crippen LogP contribution in [0.5, 0.6) is 0 Å². The van der Waals surface area contributed by atoms with Crippen molar-refractivity contribution in [1.82, 2.24) is 15.3 Å². The molecule has 7 nitrogen and oxygen atoms in total. The minimum Gasteiger partial charge on any atom is -0.396 e. The van der Waals surface area contributed by atoms with Gasteiger partial charge in [0.2, 0.25) is 11.2 Å². The second kappa shape index (κ2) is 5.01. The molecule has 24 heavy (non-hydrogen) atoms. The fourth-order valence-corrected chi connectivity index (χ4v) is 3.98. The molecule has 4 rings (SSSR count). The van der Waals surface area contributed by atoms with Crippen LogP contribution in [0.15, 0.2) is 6.20 Å². The zero-order valence-corrected chi connectivity index (χ0v) is 13.4. The topological polar surface area (TPSA) is 102 Å². The lowest BCUT2D eigenvalue weighted by molar-refractivity contribution is -0.123. The Morgan fingerprint density at radius 2 is 2.42 bits per heavy atom. The van der Waals surface area contributed by atoms with Crippen LogP contribution >= 0.6 is 11.6 Å². The molecule has 2 aliphatic carbocycles. The lowest BCUT2D eigenvalue weighted by atomic mass is 10.0. The predicted octanol–water partition coefficient (Wildman–Crippen LogP) is 0.486.